The van der Waals surface area contributed by atoms with E-state index in [4.69, 9.17) is 32.7 Å². The number of ether oxygens (including phenoxy) is 2. The van der Waals surface area contributed by atoms with Crippen molar-refractivity contribution in [2.75, 3.05) is 23.9 Å². The summed E-state index contributed by atoms with van der Waals surface area (Å²) in [5, 5.41) is 2.61. The summed E-state index contributed by atoms with van der Waals surface area (Å²) in [6.45, 7) is -0.400. The summed E-state index contributed by atoms with van der Waals surface area (Å²) < 4.78 is 51.6. The Hall–Kier alpha value is -3.98. The van der Waals surface area contributed by atoms with Crippen LogP contribution in [0.15, 0.2) is 70.5 Å². The van der Waals surface area contributed by atoms with Crippen LogP contribution in [-0.4, -0.2) is 41.7 Å². The van der Waals surface area contributed by atoms with Gasteiger partial charge in [0.05, 0.1) is 39.3 Å². The van der Waals surface area contributed by atoms with Crippen LogP contribution in [0.25, 0.3) is 0 Å². The van der Waals surface area contributed by atoms with E-state index in [0.29, 0.717) is 26.2 Å². The van der Waals surface area contributed by atoms with Gasteiger partial charge in [-0.3, -0.25) is 19.2 Å². The second-order valence-electron chi connectivity index (χ2n) is 10.2. The Bertz CT molecular complexity index is 1950. The molecule has 3 aromatic carbocycles. The minimum absolute atomic E-state index is 0.194. The maximum atomic E-state index is 13.9. The lowest BCUT2D eigenvalue weighted by Gasteiger charge is -2.30. The van der Waals surface area contributed by atoms with Gasteiger partial charge < -0.3 is 19.8 Å². The molecule has 6 rings (SSSR count). The van der Waals surface area contributed by atoms with Gasteiger partial charge in [-0.25, -0.2) is 4.90 Å². The highest BCUT2D eigenvalue weighted by atomic mass is 35.5. The number of aromatic amines is 1. The molecule has 1 saturated heterocycles. The van der Waals surface area contributed by atoms with Crippen LogP contribution >= 0.6 is 46.3 Å². The van der Waals surface area contributed by atoms with Crippen molar-refractivity contribution in [2.24, 2.45) is 5.92 Å². The zero-order valence-electron chi connectivity index (χ0n) is 23.3. The van der Waals surface area contributed by atoms with E-state index in [0.717, 1.165) is 46.2 Å². The molecule has 9 nitrogen and oxygen atoms in total. The molecule has 0 saturated carbocycles. The Morgan fingerprint density at radius 3 is 2.50 bits per heavy atom. The van der Waals surface area contributed by atoms with Gasteiger partial charge in [-0.05, 0) is 54.1 Å². The molecule has 2 aliphatic rings. The van der Waals surface area contributed by atoms with E-state index in [-0.39, 0.29) is 22.2 Å². The average Bonchev–Trinajstić information content (AvgIpc) is 3.51. The molecule has 16 heteroatoms. The Balaban J connectivity index is 1.30. The number of thioether (sulfide) groups is 1. The maximum Gasteiger partial charge on any atom is 0.416 e. The number of hydrogen-bond acceptors (Lipinski definition) is 8. The highest BCUT2D eigenvalue weighted by Crippen LogP contribution is 2.54. The van der Waals surface area contributed by atoms with Gasteiger partial charge in [-0.2, -0.15) is 13.2 Å². The standard InChI is InChI=1S/C30H20Cl2F3N3O6S2/c1-43-20-9-13(5-8-19(20)44-12-21(39)36-15-6-7-17(31)18(32)11-15)22-23-25(45-26-24(22)46-29(42)37-26)28(41)38(27(23)40)16-4-2-3-14(10-16)30(33,34)35/h2-11,22-23,25H,12H2,1H3,(H,36,39)(H,37,42). The molecule has 46 heavy (non-hydrogen) atoms. The number of benzene rings is 3. The molecule has 3 heterocycles. The number of carbonyl (C=O) groups is 3. The molecule has 2 aliphatic heterocycles. The number of halogens is 5. The number of H-pyrrole nitrogens is 1. The fourth-order valence-electron chi connectivity index (χ4n) is 5.36. The van der Waals surface area contributed by atoms with Gasteiger partial charge in [-0.1, -0.05) is 58.4 Å². The van der Waals surface area contributed by atoms with Crippen LogP contribution in [0.2, 0.25) is 10.0 Å². The van der Waals surface area contributed by atoms with Crippen molar-refractivity contribution in [3.63, 3.8) is 0 Å². The summed E-state index contributed by atoms with van der Waals surface area (Å²) in [7, 11) is 1.38. The molecule has 2 N–H and O–H groups in total. The van der Waals surface area contributed by atoms with E-state index in [9.17, 15) is 32.3 Å². The minimum atomic E-state index is -4.68. The number of amides is 3. The first kappa shape index (κ1) is 32.0. The summed E-state index contributed by atoms with van der Waals surface area (Å²) in [4.78, 5) is 56.0. The first-order valence-corrected chi connectivity index (χ1v) is 15.8. The monoisotopic (exact) mass is 709 g/mol. The number of nitrogens with one attached hydrogen (secondary N) is 2. The average molecular weight is 711 g/mol. The van der Waals surface area contributed by atoms with E-state index in [1.54, 1.807) is 18.2 Å². The number of carbonyl (C=O) groups excluding carboxylic acids is 3. The van der Waals surface area contributed by atoms with E-state index >= 15 is 0 Å². The van der Waals surface area contributed by atoms with Gasteiger partial charge in [0.25, 0.3) is 5.91 Å². The van der Waals surface area contributed by atoms with Crippen LogP contribution in [0.3, 0.4) is 0 Å². The Morgan fingerprint density at radius 1 is 1.00 bits per heavy atom. The van der Waals surface area contributed by atoms with Gasteiger partial charge in [0.1, 0.15) is 5.25 Å². The minimum Gasteiger partial charge on any atom is -0.493 e. The molecule has 1 fully saturated rings. The van der Waals surface area contributed by atoms with Crippen LogP contribution < -0.4 is 24.6 Å². The molecule has 1 aromatic heterocycles. The second-order valence-corrected chi connectivity index (χ2v) is 13.2. The quantitative estimate of drug-likeness (QED) is 0.208. The molecular weight excluding hydrogens is 690 g/mol. The number of hydrogen-bond donors (Lipinski definition) is 2. The van der Waals surface area contributed by atoms with E-state index in [2.05, 4.69) is 10.3 Å². The molecule has 4 aromatic rings. The van der Waals surface area contributed by atoms with E-state index < -0.39 is 58.0 Å². The zero-order chi connectivity index (χ0) is 32.9. The molecule has 238 valence electrons. The van der Waals surface area contributed by atoms with Gasteiger partial charge in [0, 0.05) is 16.5 Å². The number of rotatable bonds is 7. The van der Waals surface area contributed by atoms with E-state index in [1.807, 2.05) is 0 Å². The molecule has 0 bridgehead atoms. The fourth-order valence-corrected chi connectivity index (χ4v) is 8.18. The number of anilines is 2. The highest BCUT2D eigenvalue weighted by molar-refractivity contribution is 8.00. The number of alkyl halides is 3. The Morgan fingerprint density at radius 2 is 1.78 bits per heavy atom. The van der Waals surface area contributed by atoms with Gasteiger partial charge >= 0.3 is 11.0 Å². The summed E-state index contributed by atoms with van der Waals surface area (Å²) in [6.07, 6.45) is -4.68. The van der Waals surface area contributed by atoms with Gasteiger partial charge in [0.2, 0.25) is 11.8 Å². The molecule has 0 aliphatic carbocycles. The zero-order valence-corrected chi connectivity index (χ0v) is 26.5. The third-order valence-electron chi connectivity index (χ3n) is 7.36. The summed E-state index contributed by atoms with van der Waals surface area (Å²) in [5.74, 6) is -3.36. The number of fused-ring (bicyclic) bond motifs is 2. The van der Waals surface area contributed by atoms with Crippen molar-refractivity contribution < 1.29 is 37.0 Å². The topological polar surface area (TPSA) is 118 Å². The Labute approximate surface area is 276 Å². The fraction of sp³-hybridized carbons (Fsp3) is 0.200. The third kappa shape index (κ3) is 5.97. The molecule has 3 amide bonds. The Kier molecular flexibility index (Phi) is 8.57. The van der Waals surface area contributed by atoms with Gasteiger partial charge in [0.15, 0.2) is 18.1 Å². The number of imide groups is 1. The normalized spacial score (nSPS) is 19.1. The first-order valence-electron chi connectivity index (χ1n) is 13.4. The summed E-state index contributed by atoms with van der Waals surface area (Å²) in [6, 6.07) is 13.3. The van der Waals surface area contributed by atoms with Crippen molar-refractivity contribution in [1.82, 2.24) is 4.98 Å². The molecule has 3 atom stereocenters. The number of aromatic nitrogens is 1. The predicted molar refractivity (Wildman–Crippen MR) is 167 cm³/mol. The van der Waals surface area contributed by atoms with Crippen LogP contribution in [0, 0.1) is 5.92 Å². The summed E-state index contributed by atoms with van der Waals surface area (Å²) >= 11 is 13.8. The molecule has 0 spiro atoms. The third-order valence-corrected chi connectivity index (χ3v) is 10.5. The lowest BCUT2D eigenvalue weighted by molar-refractivity contribution is -0.137. The maximum absolute atomic E-state index is 13.9. The van der Waals surface area contributed by atoms with Crippen molar-refractivity contribution in [3.8, 4) is 11.5 Å². The molecule has 3 unspecified atom stereocenters. The van der Waals surface area contributed by atoms with Crippen molar-refractivity contribution in [2.45, 2.75) is 22.4 Å². The van der Waals surface area contributed by atoms with E-state index in [1.165, 1.54) is 31.4 Å². The number of methoxy groups -OCH3 is 1. The smallest absolute Gasteiger partial charge is 0.416 e. The van der Waals surface area contributed by atoms with Crippen molar-refractivity contribution in [1.29, 1.82) is 0 Å². The molecular formula is C30H20Cl2F3N3O6S2. The first-order chi connectivity index (χ1) is 21.8. The highest BCUT2D eigenvalue weighted by Gasteiger charge is 2.56. The van der Waals surface area contributed by atoms with Crippen LogP contribution in [0.4, 0.5) is 24.5 Å². The largest absolute Gasteiger partial charge is 0.493 e. The predicted octanol–water partition coefficient (Wildman–Crippen LogP) is 6.58. The number of nitrogens with zero attached hydrogens (tertiary/aromatic N) is 1. The lowest BCUT2D eigenvalue weighted by Crippen LogP contribution is -2.32. The van der Waals surface area contributed by atoms with Crippen LogP contribution in [-0.2, 0) is 20.6 Å². The van der Waals surface area contributed by atoms with Crippen LogP contribution in [0.5, 0.6) is 11.5 Å². The van der Waals surface area contributed by atoms with Gasteiger partial charge in [-0.15, -0.1) is 0 Å². The van der Waals surface area contributed by atoms with Crippen LogP contribution in [0.1, 0.15) is 21.9 Å². The lowest BCUT2D eigenvalue weighted by atomic mass is 9.83. The molecule has 0 radical (unpaired) electrons. The van der Waals surface area contributed by atoms with Crippen molar-refractivity contribution >= 4 is 75.4 Å². The summed E-state index contributed by atoms with van der Waals surface area (Å²) in [5.41, 5.74) is -0.301. The second kappa shape index (κ2) is 12.3. The number of thiazole rings is 1. The SMILES string of the molecule is COc1cc(C2c3sc(=O)[nH]c3SC3C(=O)N(c4cccc(C(F)(F)F)c4)C(=O)C32)ccc1OCC(=O)Nc1ccc(Cl)c(Cl)c1. The van der Waals surface area contributed by atoms with Crippen molar-refractivity contribution in [3.05, 3.63) is 96.4 Å².